The molecule has 9 heteroatoms. The third-order valence-electron chi connectivity index (χ3n) is 4.16. The average Bonchev–Trinajstić information content (AvgIpc) is 2.66. The highest BCUT2D eigenvalue weighted by molar-refractivity contribution is 7.92. The SMILES string of the molecule is CN(C)CCCNC(=O)c1ccc(NS(=O)(=O)CCc2cccc(Cl)c2Cl)cc1. The van der Waals surface area contributed by atoms with Crippen molar-refractivity contribution in [2.75, 3.05) is 37.7 Å². The zero-order valence-electron chi connectivity index (χ0n) is 16.4. The number of nitrogens with zero attached hydrogens (tertiary/aromatic N) is 1. The van der Waals surface area contributed by atoms with Gasteiger partial charge >= 0.3 is 0 Å². The molecule has 0 fully saturated rings. The molecule has 0 aliphatic heterocycles. The van der Waals surface area contributed by atoms with E-state index in [1.165, 1.54) is 0 Å². The van der Waals surface area contributed by atoms with Crippen molar-refractivity contribution in [3.63, 3.8) is 0 Å². The highest BCUT2D eigenvalue weighted by Crippen LogP contribution is 2.26. The summed E-state index contributed by atoms with van der Waals surface area (Å²) in [5.74, 6) is -0.324. The van der Waals surface area contributed by atoms with Crippen molar-refractivity contribution in [1.82, 2.24) is 10.2 Å². The van der Waals surface area contributed by atoms with Gasteiger partial charge in [0.1, 0.15) is 0 Å². The van der Waals surface area contributed by atoms with Crippen molar-refractivity contribution in [3.8, 4) is 0 Å². The van der Waals surface area contributed by atoms with E-state index in [1.54, 1.807) is 42.5 Å². The number of benzene rings is 2. The fourth-order valence-electron chi connectivity index (χ4n) is 2.61. The zero-order chi connectivity index (χ0) is 21.4. The summed E-state index contributed by atoms with van der Waals surface area (Å²) < 4.78 is 27.2. The highest BCUT2D eigenvalue weighted by atomic mass is 35.5. The summed E-state index contributed by atoms with van der Waals surface area (Å²) in [7, 11) is 0.377. The molecule has 0 saturated carbocycles. The zero-order valence-corrected chi connectivity index (χ0v) is 18.7. The Labute approximate surface area is 182 Å². The number of amides is 1. The van der Waals surface area contributed by atoms with Crippen molar-refractivity contribution in [3.05, 3.63) is 63.6 Å². The fraction of sp³-hybridized carbons (Fsp3) is 0.350. The third-order valence-corrected chi connectivity index (χ3v) is 6.31. The van der Waals surface area contributed by atoms with Gasteiger partial charge in [-0.15, -0.1) is 0 Å². The summed E-state index contributed by atoms with van der Waals surface area (Å²) in [6.45, 7) is 1.47. The molecule has 2 N–H and O–H groups in total. The second-order valence-electron chi connectivity index (χ2n) is 6.87. The summed E-state index contributed by atoms with van der Waals surface area (Å²) in [4.78, 5) is 14.2. The lowest BCUT2D eigenvalue weighted by Gasteiger charge is -2.11. The molecule has 2 aromatic carbocycles. The number of hydrogen-bond donors (Lipinski definition) is 2. The van der Waals surface area contributed by atoms with Crippen LogP contribution < -0.4 is 10.0 Å². The summed E-state index contributed by atoms with van der Waals surface area (Å²) in [6.07, 6.45) is 1.09. The van der Waals surface area contributed by atoms with E-state index in [1.807, 2.05) is 19.0 Å². The van der Waals surface area contributed by atoms with Crippen molar-refractivity contribution < 1.29 is 13.2 Å². The summed E-state index contributed by atoms with van der Waals surface area (Å²) in [6, 6.07) is 11.4. The number of sulfonamides is 1. The van der Waals surface area contributed by atoms with Gasteiger partial charge in [-0.25, -0.2) is 8.42 Å². The smallest absolute Gasteiger partial charge is 0.251 e. The van der Waals surface area contributed by atoms with Gasteiger partial charge in [-0.1, -0.05) is 35.3 Å². The van der Waals surface area contributed by atoms with Gasteiger partial charge in [0.2, 0.25) is 10.0 Å². The van der Waals surface area contributed by atoms with Gasteiger partial charge in [0.15, 0.2) is 0 Å². The minimum absolute atomic E-state index is 0.138. The average molecular weight is 458 g/mol. The first-order valence-electron chi connectivity index (χ1n) is 9.14. The summed E-state index contributed by atoms with van der Waals surface area (Å²) in [5.41, 5.74) is 1.54. The van der Waals surface area contributed by atoms with Gasteiger partial charge in [-0.2, -0.15) is 0 Å². The van der Waals surface area contributed by atoms with Crippen LogP contribution in [0.1, 0.15) is 22.3 Å². The molecule has 0 aliphatic carbocycles. The van der Waals surface area contributed by atoms with E-state index in [9.17, 15) is 13.2 Å². The Morgan fingerprint density at radius 2 is 1.76 bits per heavy atom. The first kappa shape index (κ1) is 23.5. The van der Waals surface area contributed by atoms with Crippen LogP contribution in [-0.2, 0) is 16.4 Å². The fourth-order valence-corrected chi connectivity index (χ4v) is 4.11. The van der Waals surface area contributed by atoms with Crippen LogP contribution in [0.3, 0.4) is 0 Å². The Bertz CT molecular complexity index is 932. The van der Waals surface area contributed by atoms with E-state index in [4.69, 9.17) is 23.2 Å². The van der Waals surface area contributed by atoms with Gasteiger partial charge in [0.25, 0.3) is 5.91 Å². The molecule has 2 aromatic rings. The second kappa shape index (κ2) is 10.8. The molecule has 0 saturated heterocycles. The van der Waals surface area contributed by atoms with Crippen molar-refractivity contribution in [1.29, 1.82) is 0 Å². The van der Waals surface area contributed by atoms with E-state index in [2.05, 4.69) is 10.0 Å². The molecule has 0 aliphatic rings. The number of anilines is 1. The molecule has 158 valence electrons. The van der Waals surface area contributed by atoms with Gasteiger partial charge in [-0.3, -0.25) is 9.52 Å². The Balaban J connectivity index is 1.89. The first-order chi connectivity index (χ1) is 13.7. The van der Waals surface area contributed by atoms with Crippen LogP contribution in [0.25, 0.3) is 0 Å². The van der Waals surface area contributed by atoms with E-state index in [-0.39, 0.29) is 18.1 Å². The number of halogens is 2. The molecule has 0 bridgehead atoms. The number of carbonyl (C=O) groups excluding carboxylic acids is 1. The van der Waals surface area contributed by atoms with Crippen molar-refractivity contribution in [2.45, 2.75) is 12.8 Å². The topological polar surface area (TPSA) is 78.5 Å². The molecule has 1 amide bonds. The molecule has 0 unspecified atom stereocenters. The van der Waals surface area contributed by atoms with E-state index in [0.717, 1.165) is 13.0 Å². The minimum Gasteiger partial charge on any atom is -0.352 e. The number of aryl methyl sites for hydroxylation is 1. The summed E-state index contributed by atoms with van der Waals surface area (Å²) >= 11 is 12.1. The monoisotopic (exact) mass is 457 g/mol. The Morgan fingerprint density at radius 3 is 2.41 bits per heavy atom. The van der Waals surface area contributed by atoms with Crippen LogP contribution in [0.4, 0.5) is 5.69 Å². The molecule has 6 nitrogen and oxygen atoms in total. The van der Waals surface area contributed by atoms with Crippen molar-refractivity contribution >= 4 is 44.8 Å². The molecule has 0 aromatic heterocycles. The lowest BCUT2D eigenvalue weighted by atomic mass is 10.2. The lowest BCUT2D eigenvalue weighted by Crippen LogP contribution is -2.27. The van der Waals surface area contributed by atoms with E-state index in [0.29, 0.717) is 33.4 Å². The van der Waals surface area contributed by atoms with Crippen LogP contribution in [-0.4, -0.2) is 52.2 Å². The van der Waals surface area contributed by atoms with E-state index >= 15 is 0 Å². The predicted octanol–water partition coefficient (Wildman–Crippen LogP) is 3.66. The minimum atomic E-state index is -3.58. The molecule has 2 rings (SSSR count). The molecule has 0 spiro atoms. The number of nitrogens with one attached hydrogen (secondary N) is 2. The Morgan fingerprint density at radius 1 is 1.07 bits per heavy atom. The second-order valence-corrected chi connectivity index (χ2v) is 9.50. The summed E-state index contributed by atoms with van der Waals surface area (Å²) in [5, 5.41) is 3.60. The highest BCUT2D eigenvalue weighted by Gasteiger charge is 2.14. The van der Waals surface area contributed by atoms with Gasteiger partial charge < -0.3 is 10.2 Å². The third kappa shape index (κ3) is 7.85. The molecular weight excluding hydrogens is 433 g/mol. The predicted molar refractivity (Wildman–Crippen MR) is 120 cm³/mol. The van der Waals surface area contributed by atoms with Gasteiger partial charge in [-0.05, 0) is 69.4 Å². The molecular formula is C20H25Cl2N3O3S. The van der Waals surface area contributed by atoms with Crippen molar-refractivity contribution in [2.24, 2.45) is 0 Å². The van der Waals surface area contributed by atoms with Gasteiger partial charge in [0, 0.05) is 17.8 Å². The Kier molecular flexibility index (Phi) is 8.77. The lowest BCUT2D eigenvalue weighted by molar-refractivity contribution is 0.0952. The van der Waals surface area contributed by atoms with Gasteiger partial charge in [0.05, 0.1) is 15.8 Å². The maximum Gasteiger partial charge on any atom is 0.251 e. The van der Waals surface area contributed by atoms with E-state index < -0.39 is 10.0 Å². The first-order valence-corrected chi connectivity index (χ1v) is 11.5. The van der Waals surface area contributed by atoms with Crippen LogP contribution in [0.5, 0.6) is 0 Å². The van der Waals surface area contributed by atoms with Crippen LogP contribution in [0.2, 0.25) is 10.0 Å². The largest absolute Gasteiger partial charge is 0.352 e. The number of rotatable bonds is 10. The number of hydrogen-bond acceptors (Lipinski definition) is 4. The molecule has 29 heavy (non-hydrogen) atoms. The van der Waals surface area contributed by atoms with Crippen LogP contribution in [0, 0.1) is 0 Å². The molecule has 0 atom stereocenters. The maximum absolute atomic E-state index is 12.3. The quantitative estimate of drug-likeness (QED) is 0.533. The number of carbonyl (C=O) groups is 1. The Hall–Kier alpha value is -1.80. The normalized spacial score (nSPS) is 11.5. The maximum atomic E-state index is 12.3. The van der Waals surface area contributed by atoms with Crippen LogP contribution >= 0.6 is 23.2 Å². The van der Waals surface area contributed by atoms with Crippen LogP contribution in [0.15, 0.2) is 42.5 Å². The standard InChI is InChI=1S/C20H25Cl2N3O3S/c1-25(2)13-4-12-23-20(26)16-7-9-17(10-8-16)24-29(27,28)14-11-15-5-3-6-18(21)19(15)22/h3,5-10,24H,4,11-14H2,1-2H3,(H,23,26). The molecule has 0 radical (unpaired) electrons. The molecule has 0 heterocycles.